The van der Waals surface area contributed by atoms with E-state index in [1.807, 2.05) is 36.7 Å². The molecule has 0 fully saturated rings. The van der Waals surface area contributed by atoms with Crippen molar-refractivity contribution >= 4 is 16.6 Å². The highest BCUT2D eigenvalue weighted by Gasteiger charge is 2.14. The maximum Gasteiger partial charge on any atom is 0.282 e. The molecule has 104 valence electrons. The van der Waals surface area contributed by atoms with Crippen molar-refractivity contribution in [2.45, 2.75) is 6.92 Å². The average Bonchev–Trinajstić information content (AvgIpc) is 3.13. The zero-order valence-electron chi connectivity index (χ0n) is 11.4. The Kier molecular flexibility index (Phi) is 2.23. The standard InChI is InChI=1S/C13H11N7O/c1-7-3-4-10-8(5-7)13(21)20-11(19(10)2)6-9(16-20)12-14-17-18-15-12/h3-6H,1-2H3,(H,14,15,17,18). The summed E-state index contributed by atoms with van der Waals surface area (Å²) >= 11 is 0. The van der Waals surface area contributed by atoms with Crippen molar-refractivity contribution in [2.75, 3.05) is 0 Å². The van der Waals surface area contributed by atoms with E-state index in [9.17, 15) is 4.79 Å². The van der Waals surface area contributed by atoms with Gasteiger partial charge < -0.3 is 4.57 Å². The molecule has 0 amide bonds. The number of H-pyrrole nitrogens is 1. The molecular formula is C13H11N7O. The van der Waals surface area contributed by atoms with Crippen LogP contribution in [0.5, 0.6) is 0 Å². The molecule has 1 aromatic carbocycles. The first-order valence-electron chi connectivity index (χ1n) is 6.38. The van der Waals surface area contributed by atoms with Gasteiger partial charge in [0.25, 0.3) is 5.56 Å². The number of rotatable bonds is 1. The maximum atomic E-state index is 12.6. The second-order valence-corrected chi connectivity index (χ2v) is 4.93. The molecule has 4 rings (SSSR count). The van der Waals surface area contributed by atoms with Crippen molar-refractivity contribution in [3.05, 3.63) is 40.2 Å². The quantitative estimate of drug-likeness (QED) is 0.553. The molecule has 8 nitrogen and oxygen atoms in total. The first-order valence-corrected chi connectivity index (χ1v) is 6.38. The first kappa shape index (κ1) is 11.8. The highest BCUT2D eigenvalue weighted by atomic mass is 16.1. The molecule has 0 aliphatic carbocycles. The third-order valence-corrected chi connectivity index (χ3v) is 3.56. The number of hydrogen-bond donors (Lipinski definition) is 1. The third kappa shape index (κ3) is 1.59. The summed E-state index contributed by atoms with van der Waals surface area (Å²) in [7, 11) is 1.90. The second-order valence-electron chi connectivity index (χ2n) is 4.93. The number of hydrogen-bond acceptors (Lipinski definition) is 5. The van der Waals surface area contributed by atoms with E-state index < -0.39 is 0 Å². The van der Waals surface area contributed by atoms with Crippen LogP contribution in [0.15, 0.2) is 29.1 Å². The minimum atomic E-state index is -0.152. The molecule has 0 aliphatic heterocycles. The van der Waals surface area contributed by atoms with Gasteiger partial charge in [0.05, 0.1) is 10.9 Å². The van der Waals surface area contributed by atoms with E-state index in [1.165, 1.54) is 4.52 Å². The minimum Gasteiger partial charge on any atom is -0.328 e. The molecule has 4 aromatic rings. The van der Waals surface area contributed by atoms with Crippen LogP contribution in [-0.2, 0) is 7.05 Å². The molecule has 0 spiro atoms. The third-order valence-electron chi connectivity index (χ3n) is 3.56. The van der Waals surface area contributed by atoms with Gasteiger partial charge >= 0.3 is 0 Å². The summed E-state index contributed by atoms with van der Waals surface area (Å²) in [5.41, 5.74) is 2.95. The minimum absolute atomic E-state index is 0.152. The lowest BCUT2D eigenvalue weighted by molar-refractivity contribution is 0.856. The van der Waals surface area contributed by atoms with Gasteiger partial charge in [-0.05, 0) is 29.5 Å². The molecule has 0 radical (unpaired) electrons. The summed E-state index contributed by atoms with van der Waals surface area (Å²) < 4.78 is 3.30. The number of tetrazole rings is 1. The molecule has 0 atom stereocenters. The van der Waals surface area contributed by atoms with Gasteiger partial charge in [-0.1, -0.05) is 11.6 Å². The van der Waals surface area contributed by atoms with Crippen LogP contribution in [0.25, 0.3) is 28.1 Å². The molecule has 3 heterocycles. The predicted octanol–water partition coefficient (Wildman–Crippen LogP) is 0.675. The Balaban J connectivity index is 2.16. The van der Waals surface area contributed by atoms with Crippen LogP contribution in [0.4, 0.5) is 0 Å². The normalized spacial score (nSPS) is 11.5. The fourth-order valence-electron chi connectivity index (χ4n) is 2.49. The fourth-order valence-corrected chi connectivity index (χ4v) is 2.49. The van der Waals surface area contributed by atoms with E-state index >= 15 is 0 Å². The Morgan fingerprint density at radius 2 is 2.10 bits per heavy atom. The summed E-state index contributed by atoms with van der Waals surface area (Å²) in [5, 5.41) is 18.5. The van der Waals surface area contributed by atoms with Gasteiger partial charge in [-0.2, -0.15) is 9.61 Å². The summed E-state index contributed by atoms with van der Waals surface area (Å²) in [5.74, 6) is 0.429. The van der Waals surface area contributed by atoms with Gasteiger partial charge in [-0.25, -0.2) is 5.10 Å². The van der Waals surface area contributed by atoms with Crippen LogP contribution in [0.3, 0.4) is 0 Å². The molecule has 0 unspecified atom stereocenters. The lowest BCUT2D eigenvalue weighted by Gasteiger charge is -2.07. The van der Waals surface area contributed by atoms with Crippen LogP contribution in [0.1, 0.15) is 5.56 Å². The van der Waals surface area contributed by atoms with Crippen molar-refractivity contribution in [1.82, 2.24) is 34.8 Å². The second kappa shape index (κ2) is 3.98. The maximum absolute atomic E-state index is 12.6. The fraction of sp³-hybridized carbons (Fsp3) is 0.154. The van der Waals surface area contributed by atoms with Gasteiger partial charge in [-0.15, -0.1) is 5.10 Å². The molecule has 3 aromatic heterocycles. The molecule has 1 N–H and O–H groups in total. The zero-order valence-corrected chi connectivity index (χ0v) is 11.4. The van der Waals surface area contributed by atoms with Crippen molar-refractivity contribution in [3.63, 3.8) is 0 Å². The van der Waals surface area contributed by atoms with Crippen molar-refractivity contribution in [1.29, 1.82) is 0 Å². The summed E-state index contributed by atoms with van der Waals surface area (Å²) in [6.07, 6.45) is 0. The van der Waals surface area contributed by atoms with E-state index in [2.05, 4.69) is 25.7 Å². The number of aromatic nitrogens is 7. The Hall–Kier alpha value is -3.03. The highest BCUT2D eigenvalue weighted by Crippen LogP contribution is 2.18. The number of fused-ring (bicyclic) bond motifs is 2. The average molecular weight is 281 g/mol. The number of aromatic amines is 1. The first-order chi connectivity index (χ1) is 10.1. The van der Waals surface area contributed by atoms with Crippen molar-refractivity contribution in [2.24, 2.45) is 7.05 Å². The number of nitrogens with one attached hydrogen (secondary N) is 1. The molecule has 0 saturated heterocycles. The zero-order chi connectivity index (χ0) is 14.6. The summed E-state index contributed by atoms with van der Waals surface area (Å²) in [4.78, 5) is 12.6. The molecule has 0 bridgehead atoms. The van der Waals surface area contributed by atoms with Gasteiger partial charge in [0, 0.05) is 13.1 Å². The van der Waals surface area contributed by atoms with Crippen LogP contribution in [0, 0.1) is 6.92 Å². The molecule has 0 saturated carbocycles. The SMILES string of the molecule is Cc1ccc2c(c1)c(=O)n1nc(-c3nnn[nH]3)cc1n2C. The Morgan fingerprint density at radius 1 is 1.24 bits per heavy atom. The Labute approximate surface area is 118 Å². The number of nitrogens with zero attached hydrogens (tertiary/aromatic N) is 6. The van der Waals surface area contributed by atoms with Gasteiger partial charge in [0.2, 0.25) is 0 Å². The predicted molar refractivity (Wildman–Crippen MR) is 75.8 cm³/mol. The lowest BCUT2D eigenvalue weighted by Crippen LogP contribution is -2.18. The summed E-state index contributed by atoms with van der Waals surface area (Å²) in [6, 6.07) is 7.57. The van der Waals surface area contributed by atoms with E-state index in [0.717, 1.165) is 11.1 Å². The molecule has 8 heteroatoms. The van der Waals surface area contributed by atoms with Crippen molar-refractivity contribution < 1.29 is 0 Å². The van der Waals surface area contributed by atoms with Crippen LogP contribution >= 0.6 is 0 Å². The van der Waals surface area contributed by atoms with Crippen LogP contribution in [0.2, 0.25) is 0 Å². The number of aryl methyl sites for hydroxylation is 2. The van der Waals surface area contributed by atoms with Gasteiger partial charge in [-0.3, -0.25) is 4.79 Å². The van der Waals surface area contributed by atoms with Crippen molar-refractivity contribution in [3.8, 4) is 11.5 Å². The van der Waals surface area contributed by atoms with E-state index in [1.54, 1.807) is 6.07 Å². The lowest BCUT2D eigenvalue weighted by atomic mass is 10.1. The Bertz CT molecular complexity index is 1030. The van der Waals surface area contributed by atoms with E-state index in [0.29, 0.717) is 22.6 Å². The van der Waals surface area contributed by atoms with Gasteiger partial charge in [0.1, 0.15) is 11.3 Å². The van der Waals surface area contributed by atoms with E-state index in [-0.39, 0.29) is 5.56 Å². The highest BCUT2D eigenvalue weighted by molar-refractivity contribution is 5.81. The summed E-state index contributed by atoms with van der Waals surface area (Å²) in [6.45, 7) is 1.96. The van der Waals surface area contributed by atoms with Crippen LogP contribution in [-0.4, -0.2) is 34.8 Å². The largest absolute Gasteiger partial charge is 0.328 e. The topological polar surface area (TPSA) is 93.8 Å². The number of benzene rings is 1. The molecule has 0 aliphatic rings. The smallest absolute Gasteiger partial charge is 0.282 e. The van der Waals surface area contributed by atoms with Gasteiger partial charge in [0.15, 0.2) is 5.82 Å². The molecular weight excluding hydrogens is 270 g/mol. The monoisotopic (exact) mass is 281 g/mol. The molecule has 21 heavy (non-hydrogen) atoms. The van der Waals surface area contributed by atoms with E-state index in [4.69, 9.17) is 0 Å². The van der Waals surface area contributed by atoms with Crippen LogP contribution < -0.4 is 5.56 Å². The Morgan fingerprint density at radius 3 is 2.86 bits per heavy atom.